The number of carboxylic acids is 1. The molecule has 0 aliphatic rings. The lowest BCUT2D eigenvalue weighted by atomic mass is 10.0. The van der Waals surface area contributed by atoms with Crippen LogP contribution in [-0.2, 0) is 10.0 Å². The van der Waals surface area contributed by atoms with Gasteiger partial charge in [-0.15, -0.1) is 0 Å². The van der Waals surface area contributed by atoms with Crippen LogP contribution in [0, 0.1) is 17.6 Å². The largest absolute Gasteiger partial charge is 0.478 e. The monoisotopic (exact) mass is 321 g/mol. The molecule has 118 valence electrons. The number of nitrogens with one attached hydrogen (secondary N) is 1. The molecule has 0 fully saturated rings. The minimum Gasteiger partial charge on any atom is -0.478 e. The van der Waals surface area contributed by atoms with E-state index in [2.05, 4.69) is 4.72 Å². The van der Waals surface area contributed by atoms with Crippen LogP contribution in [-0.4, -0.2) is 26.0 Å². The summed E-state index contributed by atoms with van der Waals surface area (Å²) in [5.41, 5.74) is -0.628. The summed E-state index contributed by atoms with van der Waals surface area (Å²) in [5.74, 6) is -4.57. The van der Waals surface area contributed by atoms with Crippen molar-refractivity contribution in [1.82, 2.24) is 4.72 Å². The van der Waals surface area contributed by atoms with Gasteiger partial charge < -0.3 is 5.11 Å². The fourth-order valence-corrected chi connectivity index (χ4v) is 2.99. The summed E-state index contributed by atoms with van der Waals surface area (Å²) < 4.78 is 53.2. The van der Waals surface area contributed by atoms with Gasteiger partial charge in [-0.2, -0.15) is 0 Å². The van der Waals surface area contributed by atoms with E-state index >= 15 is 0 Å². The molecule has 5 nitrogen and oxygen atoms in total. The first-order chi connectivity index (χ1) is 9.72. The summed E-state index contributed by atoms with van der Waals surface area (Å²) in [6.45, 7) is 3.84. The van der Waals surface area contributed by atoms with Crippen LogP contribution in [0.15, 0.2) is 17.0 Å². The first-order valence-corrected chi connectivity index (χ1v) is 7.93. The molecule has 0 aliphatic carbocycles. The predicted molar refractivity (Wildman–Crippen MR) is 72.6 cm³/mol. The van der Waals surface area contributed by atoms with Crippen LogP contribution >= 0.6 is 0 Å². The summed E-state index contributed by atoms with van der Waals surface area (Å²) in [6, 6.07) is 1.05. The third-order valence-corrected chi connectivity index (χ3v) is 4.67. The molecule has 2 N–H and O–H groups in total. The van der Waals surface area contributed by atoms with Crippen LogP contribution in [0.5, 0.6) is 0 Å². The number of carbonyl (C=O) groups is 1. The van der Waals surface area contributed by atoms with Gasteiger partial charge in [-0.3, -0.25) is 0 Å². The molecule has 1 aromatic rings. The molecule has 0 radical (unpaired) electrons. The van der Waals surface area contributed by atoms with Crippen molar-refractivity contribution in [2.45, 2.75) is 31.6 Å². The maximum absolute atomic E-state index is 13.6. The van der Waals surface area contributed by atoms with E-state index in [-0.39, 0.29) is 12.5 Å². The van der Waals surface area contributed by atoms with E-state index in [1.807, 2.05) is 13.8 Å². The summed E-state index contributed by atoms with van der Waals surface area (Å²) in [7, 11) is -4.31. The van der Waals surface area contributed by atoms with Gasteiger partial charge in [0.25, 0.3) is 0 Å². The number of aromatic carboxylic acids is 1. The highest BCUT2D eigenvalue weighted by atomic mass is 32.2. The van der Waals surface area contributed by atoms with Crippen molar-refractivity contribution in [2.24, 2.45) is 5.92 Å². The van der Waals surface area contributed by atoms with Crippen molar-refractivity contribution in [3.63, 3.8) is 0 Å². The molecule has 0 spiro atoms. The van der Waals surface area contributed by atoms with Crippen molar-refractivity contribution in [3.05, 3.63) is 29.3 Å². The Hall–Kier alpha value is -1.54. The Morgan fingerprint density at radius 1 is 1.29 bits per heavy atom. The molecule has 0 heterocycles. The highest BCUT2D eigenvalue weighted by Crippen LogP contribution is 2.20. The molecule has 0 atom stereocenters. The second-order valence-corrected chi connectivity index (χ2v) is 6.35. The van der Waals surface area contributed by atoms with Crippen molar-refractivity contribution >= 4 is 16.0 Å². The van der Waals surface area contributed by atoms with Crippen LogP contribution in [0.2, 0.25) is 0 Å². The summed E-state index contributed by atoms with van der Waals surface area (Å²) in [4.78, 5) is 9.80. The first kappa shape index (κ1) is 17.5. The molecular weight excluding hydrogens is 304 g/mol. The van der Waals surface area contributed by atoms with E-state index < -0.39 is 38.1 Å². The molecule has 8 heteroatoms. The highest BCUT2D eigenvalue weighted by molar-refractivity contribution is 7.89. The Morgan fingerprint density at radius 2 is 1.86 bits per heavy atom. The third kappa shape index (κ3) is 4.21. The second-order valence-electron chi connectivity index (χ2n) is 4.61. The minimum absolute atomic E-state index is 0.0651. The molecule has 0 amide bonds. The van der Waals surface area contributed by atoms with E-state index in [0.717, 1.165) is 12.8 Å². The normalized spacial score (nSPS) is 11.9. The summed E-state index contributed by atoms with van der Waals surface area (Å²) >= 11 is 0. The quantitative estimate of drug-likeness (QED) is 0.807. The van der Waals surface area contributed by atoms with Crippen molar-refractivity contribution in [1.29, 1.82) is 0 Å². The van der Waals surface area contributed by atoms with E-state index in [9.17, 15) is 22.0 Å². The molecule has 1 rings (SSSR count). The number of carboxylic acid groups (broad SMARTS) is 1. The maximum Gasteiger partial charge on any atom is 0.335 e. The Bertz CT molecular complexity index is 627. The van der Waals surface area contributed by atoms with Crippen LogP contribution in [0.4, 0.5) is 8.78 Å². The second kappa shape index (κ2) is 6.95. The van der Waals surface area contributed by atoms with Crippen LogP contribution in [0.1, 0.15) is 37.0 Å². The fraction of sp³-hybridized carbons (Fsp3) is 0.462. The van der Waals surface area contributed by atoms with Gasteiger partial charge in [0.1, 0.15) is 4.90 Å². The van der Waals surface area contributed by atoms with E-state index in [0.29, 0.717) is 12.1 Å². The average Bonchev–Trinajstić information content (AvgIpc) is 2.42. The number of rotatable bonds is 7. The number of benzene rings is 1. The number of sulfonamides is 1. The molecule has 1 aromatic carbocycles. The highest BCUT2D eigenvalue weighted by Gasteiger charge is 2.25. The molecule has 0 aromatic heterocycles. The molecule has 0 bridgehead atoms. The Kier molecular flexibility index (Phi) is 5.79. The topological polar surface area (TPSA) is 83.5 Å². The van der Waals surface area contributed by atoms with E-state index in [1.54, 1.807) is 0 Å². The summed E-state index contributed by atoms with van der Waals surface area (Å²) in [6.07, 6.45) is 1.45. The lowest BCUT2D eigenvalue weighted by Gasteiger charge is -2.14. The standard InChI is InChI=1S/C13H17F2NO4S/c1-3-8(4-2)7-16-21(19,20)11-6-9(13(17)18)5-10(14)12(11)15/h5-6,8,16H,3-4,7H2,1-2H3,(H,17,18). The summed E-state index contributed by atoms with van der Waals surface area (Å²) in [5, 5.41) is 8.78. The Morgan fingerprint density at radius 3 is 2.33 bits per heavy atom. The molecule has 21 heavy (non-hydrogen) atoms. The van der Waals surface area contributed by atoms with Crippen LogP contribution < -0.4 is 4.72 Å². The van der Waals surface area contributed by atoms with Gasteiger partial charge in [-0.05, 0) is 18.1 Å². The zero-order valence-electron chi connectivity index (χ0n) is 11.7. The molecule has 0 saturated carbocycles. The first-order valence-electron chi connectivity index (χ1n) is 6.44. The molecule has 0 unspecified atom stereocenters. The van der Waals surface area contributed by atoms with Crippen molar-refractivity contribution in [2.75, 3.05) is 6.54 Å². The SMILES string of the molecule is CCC(CC)CNS(=O)(=O)c1cc(C(=O)O)cc(F)c1F. The minimum atomic E-state index is -4.31. The van der Waals surface area contributed by atoms with Gasteiger partial charge in [0.2, 0.25) is 10.0 Å². The predicted octanol–water partition coefficient (Wildman–Crippen LogP) is 2.38. The van der Waals surface area contributed by atoms with Crippen LogP contribution in [0.3, 0.4) is 0 Å². The Balaban J connectivity index is 3.16. The van der Waals surface area contributed by atoms with Gasteiger partial charge in [-0.25, -0.2) is 26.7 Å². The lowest BCUT2D eigenvalue weighted by Crippen LogP contribution is -2.30. The number of hydrogen-bond donors (Lipinski definition) is 2. The smallest absolute Gasteiger partial charge is 0.335 e. The number of halogens is 2. The van der Waals surface area contributed by atoms with Crippen molar-refractivity contribution < 1.29 is 27.1 Å². The zero-order chi connectivity index (χ0) is 16.2. The maximum atomic E-state index is 13.6. The van der Waals surface area contributed by atoms with E-state index in [4.69, 9.17) is 5.11 Å². The van der Waals surface area contributed by atoms with Gasteiger partial charge in [-0.1, -0.05) is 26.7 Å². The van der Waals surface area contributed by atoms with Gasteiger partial charge in [0, 0.05) is 6.54 Å². The molecule has 0 saturated heterocycles. The van der Waals surface area contributed by atoms with Gasteiger partial charge >= 0.3 is 5.97 Å². The van der Waals surface area contributed by atoms with Gasteiger partial charge in [0.05, 0.1) is 5.56 Å². The Labute approximate surface area is 122 Å². The lowest BCUT2D eigenvalue weighted by molar-refractivity contribution is 0.0696. The average molecular weight is 321 g/mol. The zero-order valence-corrected chi connectivity index (χ0v) is 12.5. The fourth-order valence-electron chi connectivity index (χ4n) is 1.77. The number of hydrogen-bond acceptors (Lipinski definition) is 3. The van der Waals surface area contributed by atoms with Crippen LogP contribution in [0.25, 0.3) is 0 Å². The molecule has 0 aliphatic heterocycles. The van der Waals surface area contributed by atoms with E-state index in [1.165, 1.54) is 0 Å². The van der Waals surface area contributed by atoms with Gasteiger partial charge in [0.15, 0.2) is 11.6 Å². The van der Waals surface area contributed by atoms with Crippen molar-refractivity contribution in [3.8, 4) is 0 Å². The molecular formula is C13H17F2NO4S. The third-order valence-electron chi connectivity index (χ3n) is 3.25.